The number of carbonyl (C=O) groups is 1. The van der Waals surface area contributed by atoms with Crippen molar-refractivity contribution in [1.29, 1.82) is 0 Å². The van der Waals surface area contributed by atoms with Crippen LogP contribution >= 0.6 is 0 Å². The average Bonchev–Trinajstić information content (AvgIpc) is 2.25. The van der Waals surface area contributed by atoms with Gasteiger partial charge in [0.15, 0.2) is 6.10 Å². The van der Waals surface area contributed by atoms with Crippen LogP contribution in [0.2, 0.25) is 0 Å². The van der Waals surface area contributed by atoms with Crippen molar-refractivity contribution in [3.8, 4) is 0 Å². The molecule has 1 rings (SSSR count). The number of rotatable bonds is 3. The van der Waals surface area contributed by atoms with Crippen LogP contribution in [0.1, 0.15) is 18.6 Å². The molecule has 0 aliphatic rings. The Labute approximate surface area is 101 Å². The first-order valence-electron chi connectivity index (χ1n) is 4.90. The van der Waals surface area contributed by atoms with Crippen molar-refractivity contribution >= 4 is 5.97 Å². The number of esters is 1. The van der Waals surface area contributed by atoms with Crippen LogP contribution in [0.25, 0.3) is 0 Å². The highest BCUT2D eigenvalue weighted by molar-refractivity contribution is 5.66. The van der Waals surface area contributed by atoms with E-state index >= 15 is 0 Å². The molecule has 18 heavy (non-hydrogen) atoms. The van der Waals surface area contributed by atoms with E-state index in [-0.39, 0.29) is 5.56 Å². The molecule has 0 saturated carbocycles. The van der Waals surface area contributed by atoms with Gasteiger partial charge in [0.25, 0.3) is 0 Å². The largest absolute Gasteiger partial charge is 0.451 e. The second kappa shape index (κ2) is 4.95. The summed E-state index contributed by atoms with van der Waals surface area (Å²) in [6, 6.07) is 6.69. The Kier molecular flexibility index (Phi) is 3.98. The zero-order valence-corrected chi connectivity index (χ0v) is 9.31. The summed E-state index contributed by atoms with van der Waals surface area (Å²) in [5.74, 6) is -5.21. The molecule has 4 nitrogen and oxygen atoms in total. The van der Waals surface area contributed by atoms with E-state index in [0.29, 0.717) is 0 Å². The van der Waals surface area contributed by atoms with Gasteiger partial charge in [-0.2, -0.15) is 13.2 Å². The van der Waals surface area contributed by atoms with Gasteiger partial charge >= 0.3 is 17.9 Å². The quantitative estimate of drug-likeness (QED) is 0.642. The molecule has 1 aromatic carbocycles. The van der Waals surface area contributed by atoms with Crippen LogP contribution < -0.4 is 0 Å². The Morgan fingerprint density at radius 1 is 1.22 bits per heavy atom. The molecule has 0 radical (unpaired) electrons. The summed E-state index contributed by atoms with van der Waals surface area (Å²) in [5, 5.41) is 18.3. The Bertz CT molecular complexity index is 414. The summed E-state index contributed by atoms with van der Waals surface area (Å²) in [4.78, 5) is 10.8. The molecule has 0 saturated heterocycles. The van der Waals surface area contributed by atoms with E-state index in [0.717, 1.165) is 6.92 Å². The van der Waals surface area contributed by atoms with Crippen molar-refractivity contribution in [1.82, 2.24) is 0 Å². The molecule has 1 atom stereocenters. The van der Waals surface area contributed by atoms with Crippen molar-refractivity contribution in [2.45, 2.75) is 25.0 Å². The third kappa shape index (κ3) is 2.99. The number of carbonyl (C=O) groups excluding carboxylic acids is 1. The Morgan fingerprint density at radius 3 is 2.11 bits per heavy atom. The first kappa shape index (κ1) is 14.5. The van der Waals surface area contributed by atoms with Gasteiger partial charge in [-0.05, 0) is 5.56 Å². The second-order valence-corrected chi connectivity index (χ2v) is 3.62. The standard InChI is InChI=1S/C11H11F3O4/c1-7(15)18-9(8-5-3-2-4-6-8)10(16,17)11(12,13)14/h2-6,9,16-17H,1H3. The molecule has 100 valence electrons. The number of alkyl halides is 3. The van der Waals surface area contributed by atoms with Gasteiger partial charge in [-0.15, -0.1) is 0 Å². The Morgan fingerprint density at radius 2 is 1.72 bits per heavy atom. The molecular formula is C11H11F3O4. The van der Waals surface area contributed by atoms with E-state index in [4.69, 9.17) is 10.2 Å². The van der Waals surface area contributed by atoms with Crippen LogP contribution in [0, 0.1) is 0 Å². The number of aliphatic hydroxyl groups is 2. The molecule has 1 aromatic rings. The predicted molar refractivity (Wildman–Crippen MR) is 54.2 cm³/mol. The van der Waals surface area contributed by atoms with Gasteiger partial charge in [0.1, 0.15) is 0 Å². The second-order valence-electron chi connectivity index (χ2n) is 3.62. The van der Waals surface area contributed by atoms with E-state index in [1.165, 1.54) is 30.3 Å². The number of benzene rings is 1. The molecule has 0 aliphatic heterocycles. The van der Waals surface area contributed by atoms with E-state index in [1.54, 1.807) is 0 Å². The summed E-state index contributed by atoms with van der Waals surface area (Å²) in [6.45, 7) is 0.877. The van der Waals surface area contributed by atoms with Crippen LogP contribution in [0.5, 0.6) is 0 Å². The Balaban J connectivity index is 3.18. The van der Waals surface area contributed by atoms with Crippen molar-refractivity contribution in [3.05, 3.63) is 35.9 Å². The molecule has 0 aliphatic carbocycles. The maximum Gasteiger partial charge on any atom is 0.447 e. The molecule has 0 bridgehead atoms. The molecule has 0 heterocycles. The molecule has 7 heteroatoms. The molecule has 0 aromatic heterocycles. The van der Waals surface area contributed by atoms with Crippen molar-refractivity contribution in [3.63, 3.8) is 0 Å². The van der Waals surface area contributed by atoms with E-state index in [2.05, 4.69) is 4.74 Å². The van der Waals surface area contributed by atoms with Crippen molar-refractivity contribution in [2.24, 2.45) is 0 Å². The predicted octanol–water partition coefficient (Wildman–Crippen LogP) is 1.53. The minimum absolute atomic E-state index is 0.171. The lowest BCUT2D eigenvalue weighted by molar-refractivity contribution is -0.380. The Hall–Kier alpha value is -1.60. The van der Waals surface area contributed by atoms with Gasteiger partial charge < -0.3 is 14.9 Å². The first-order chi connectivity index (χ1) is 8.16. The van der Waals surface area contributed by atoms with Gasteiger partial charge in [0.2, 0.25) is 0 Å². The number of halogens is 3. The zero-order valence-electron chi connectivity index (χ0n) is 9.31. The lowest BCUT2D eigenvalue weighted by Gasteiger charge is -2.32. The normalized spacial score (nSPS) is 14.1. The molecule has 0 amide bonds. The maximum atomic E-state index is 12.5. The first-order valence-corrected chi connectivity index (χ1v) is 4.90. The monoisotopic (exact) mass is 264 g/mol. The lowest BCUT2D eigenvalue weighted by atomic mass is 10.0. The summed E-state index contributed by atoms with van der Waals surface area (Å²) in [6.07, 6.45) is -7.60. The van der Waals surface area contributed by atoms with Crippen molar-refractivity contribution < 1.29 is 32.9 Å². The van der Waals surface area contributed by atoms with E-state index in [9.17, 15) is 18.0 Å². The van der Waals surface area contributed by atoms with Crippen molar-refractivity contribution in [2.75, 3.05) is 0 Å². The molecule has 2 N–H and O–H groups in total. The fraction of sp³-hybridized carbons (Fsp3) is 0.364. The average molecular weight is 264 g/mol. The number of hydrogen-bond acceptors (Lipinski definition) is 4. The maximum absolute atomic E-state index is 12.5. The summed E-state index contributed by atoms with van der Waals surface area (Å²) >= 11 is 0. The van der Waals surface area contributed by atoms with E-state index in [1.807, 2.05) is 0 Å². The van der Waals surface area contributed by atoms with Gasteiger partial charge in [-0.1, -0.05) is 30.3 Å². The van der Waals surface area contributed by atoms with Gasteiger partial charge in [-0.3, -0.25) is 4.79 Å². The summed E-state index contributed by atoms with van der Waals surface area (Å²) in [7, 11) is 0. The molecule has 0 spiro atoms. The fourth-order valence-electron chi connectivity index (χ4n) is 1.33. The smallest absolute Gasteiger partial charge is 0.447 e. The zero-order chi connectivity index (χ0) is 14.0. The number of ether oxygens (including phenoxy) is 1. The SMILES string of the molecule is CC(=O)OC(c1ccccc1)C(O)(O)C(F)(F)F. The number of hydrogen-bond donors (Lipinski definition) is 2. The highest BCUT2D eigenvalue weighted by atomic mass is 19.4. The topological polar surface area (TPSA) is 66.8 Å². The van der Waals surface area contributed by atoms with Crippen LogP contribution in [-0.2, 0) is 9.53 Å². The minimum atomic E-state index is -5.36. The van der Waals surface area contributed by atoms with Gasteiger partial charge in [0.05, 0.1) is 0 Å². The third-order valence-electron chi connectivity index (χ3n) is 2.17. The molecular weight excluding hydrogens is 253 g/mol. The van der Waals surface area contributed by atoms with Gasteiger partial charge in [0, 0.05) is 6.92 Å². The van der Waals surface area contributed by atoms with Gasteiger partial charge in [-0.25, -0.2) is 0 Å². The third-order valence-corrected chi connectivity index (χ3v) is 2.17. The van der Waals surface area contributed by atoms with Crippen LogP contribution in [0.4, 0.5) is 13.2 Å². The summed E-state index contributed by atoms with van der Waals surface area (Å²) < 4.78 is 42.0. The lowest BCUT2D eigenvalue weighted by Crippen LogP contribution is -2.51. The van der Waals surface area contributed by atoms with Crippen LogP contribution in [-0.4, -0.2) is 28.1 Å². The highest BCUT2D eigenvalue weighted by Gasteiger charge is 2.60. The summed E-state index contributed by atoms with van der Waals surface area (Å²) in [5.41, 5.74) is -0.171. The highest BCUT2D eigenvalue weighted by Crippen LogP contribution is 2.40. The fourth-order valence-corrected chi connectivity index (χ4v) is 1.33. The van der Waals surface area contributed by atoms with Crippen LogP contribution in [0.3, 0.4) is 0 Å². The molecule has 1 unspecified atom stereocenters. The van der Waals surface area contributed by atoms with E-state index < -0.39 is 24.0 Å². The van der Waals surface area contributed by atoms with Crippen LogP contribution in [0.15, 0.2) is 30.3 Å². The molecule has 0 fully saturated rings. The minimum Gasteiger partial charge on any atom is -0.451 e.